The molecule has 2 aliphatic rings. The van der Waals surface area contributed by atoms with Gasteiger partial charge in [-0.15, -0.1) is 0 Å². The van der Waals surface area contributed by atoms with Crippen molar-refractivity contribution in [3.63, 3.8) is 0 Å². The molecule has 128 valence electrons. The lowest BCUT2D eigenvalue weighted by Gasteiger charge is -2.18. The SMILES string of the molecule is O=C(Nc1cccc(C(=O)NC2CC2)c1)c1ccc2c(c1)OCCO2. The Kier molecular flexibility index (Phi) is 4.01. The molecule has 1 fully saturated rings. The van der Waals surface area contributed by atoms with Crippen molar-refractivity contribution in [1.29, 1.82) is 0 Å². The highest BCUT2D eigenvalue weighted by Gasteiger charge is 2.24. The van der Waals surface area contributed by atoms with Crippen LogP contribution in [-0.4, -0.2) is 31.1 Å². The Labute approximate surface area is 145 Å². The first-order chi connectivity index (χ1) is 12.2. The van der Waals surface area contributed by atoms with Gasteiger partial charge >= 0.3 is 0 Å². The fourth-order valence-corrected chi connectivity index (χ4v) is 2.62. The number of rotatable bonds is 4. The third-order valence-corrected chi connectivity index (χ3v) is 4.10. The topological polar surface area (TPSA) is 76.7 Å². The number of anilines is 1. The number of hydrogen-bond donors (Lipinski definition) is 2. The van der Waals surface area contributed by atoms with Crippen molar-refractivity contribution >= 4 is 17.5 Å². The highest BCUT2D eigenvalue weighted by molar-refractivity contribution is 6.05. The van der Waals surface area contributed by atoms with E-state index in [1.165, 1.54) is 0 Å². The van der Waals surface area contributed by atoms with Gasteiger partial charge in [-0.05, 0) is 49.2 Å². The van der Waals surface area contributed by atoms with E-state index >= 15 is 0 Å². The molecule has 0 spiro atoms. The second kappa shape index (κ2) is 6.47. The third kappa shape index (κ3) is 3.57. The molecule has 0 aromatic heterocycles. The molecule has 25 heavy (non-hydrogen) atoms. The number of carbonyl (C=O) groups excluding carboxylic acids is 2. The van der Waals surface area contributed by atoms with E-state index in [-0.39, 0.29) is 11.8 Å². The van der Waals surface area contributed by atoms with Gasteiger partial charge in [-0.25, -0.2) is 0 Å². The van der Waals surface area contributed by atoms with Crippen LogP contribution in [0.1, 0.15) is 33.6 Å². The fraction of sp³-hybridized carbons (Fsp3) is 0.263. The molecule has 2 amide bonds. The van der Waals surface area contributed by atoms with E-state index in [1.807, 2.05) is 0 Å². The van der Waals surface area contributed by atoms with Gasteiger partial charge in [0.1, 0.15) is 13.2 Å². The van der Waals surface area contributed by atoms with Crippen LogP contribution in [0.3, 0.4) is 0 Å². The Balaban J connectivity index is 1.47. The molecule has 0 saturated heterocycles. The van der Waals surface area contributed by atoms with Crippen LogP contribution < -0.4 is 20.1 Å². The van der Waals surface area contributed by atoms with Gasteiger partial charge in [0.25, 0.3) is 11.8 Å². The van der Waals surface area contributed by atoms with Crippen molar-refractivity contribution < 1.29 is 19.1 Å². The molecule has 4 rings (SSSR count). The summed E-state index contributed by atoms with van der Waals surface area (Å²) >= 11 is 0. The molecule has 1 saturated carbocycles. The van der Waals surface area contributed by atoms with Crippen LogP contribution in [0, 0.1) is 0 Å². The van der Waals surface area contributed by atoms with Gasteiger partial charge < -0.3 is 20.1 Å². The Morgan fingerprint density at radius 3 is 2.44 bits per heavy atom. The Morgan fingerprint density at radius 2 is 1.64 bits per heavy atom. The Bertz CT molecular complexity index is 830. The molecule has 2 aromatic carbocycles. The van der Waals surface area contributed by atoms with Gasteiger partial charge in [-0.2, -0.15) is 0 Å². The van der Waals surface area contributed by atoms with Gasteiger partial charge in [0, 0.05) is 22.9 Å². The maximum Gasteiger partial charge on any atom is 0.255 e. The molecule has 6 nitrogen and oxygen atoms in total. The zero-order chi connectivity index (χ0) is 17.2. The van der Waals surface area contributed by atoms with Crippen LogP contribution >= 0.6 is 0 Å². The van der Waals surface area contributed by atoms with Crippen molar-refractivity contribution in [3.05, 3.63) is 53.6 Å². The molecular weight excluding hydrogens is 320 g/mol. The van der Waals surface area contributed by atoms with Crippen molar-refractivity contribution in [1.82, 2.24) is 5.32 Å². The molecule has 1 aliphatic carbocycles. The van der Waals surface area contributed by atoms with Gasteiger partial charge in [-0.1, -0.05) is 6.07 Å². The second-order valence-corrected chi connectivity index (χ2v) is 6.14. The van der Waals surface area contributed by atoms with Crippen LogP contribution in [-0.2, 0) is 0 Å². The average molecular weight is 338 g/mol. The van der Waals surface area contributed by atoms with E-state index in [0.717, 1.165) is 12.8 Å². The van der Waals surface area contributed by atoms with Gasteiger partial charge in [0.15, 0.2) is 11.5 Å². The van der Waals surface area contributed by atoms with Crippen molar-refractivity contribution in [3.8, 4) is 11.5 Å². The molecule has 6 heteroatoms. The zero-order valence-electron chi connectivity index (χ0n) is 13.6. The molecule has 0 bridgehead atoms. The van der Waals surface area contributed by atoms with Gasteiger partial charge in [0.2, 0.25) is 0 Å². The van der Waals surface area contributed by atoms with Crippen LogP contribution in [0.5, 0.6) is 11.5 Å². The number of fused-ring (bicyclic) bond motifs is 1. The first-order valence-corrected chi connectivity index (χ1v) is 8.31. The van der Waals surface area contributed by atoms with Gasteiger partial charge in [0.05, 0.1) is 0 Å². The normalized spacial score (nSPS) is 15.4. The van der Waals surface area contributed by atoms with Crippen LogP contribution in [0.4, 0.5) is 5.69 Å². The smallest absolute Gasteiger partial charge is 0.255 e. The van der Waals surface area contributed by atoms with Crippen molar-refractivity contribution in [2.24, 2.45) is 0 Å². The molecule has 1 aliphatic heterocycles. The molecule has 2 aromatic rings. The number of benzene rings is 2. The average Bonchev–Trinajstić information content (AvgIpc) is 3.45. The number of amides is 2. The van der Waals surface area contributed by atoms with Crippen LogP contribution in [0.15, 0.2) is 42.5 Å². The van der Waals surface area contributed by atoms with E-state index in [9.17, 15) is 9.59 Å². The van der Waals surface area contributed by atoms with E-state index in [4.69, 9.17) is 9.47 Å². The minimum Gasteiger partial charge on any atom is -0.486 e. The number of carbonyl (C=O) groups is 2. The quantitative estimate of drug-likeness (QED) is 0.898. The maximum absolute atomic E-state index is 12.5. The summed E-state index contributed by atoms with van der Waals surface area (Å²) in [6.45, 7) is 0.977. The Hall–Kier alpha value is -3.02. The number of nitrogens with one attached hydrogen (secondary N) is 2. The Morgan fingerprint density at radius 1 is 0.880 bits per heavy atom. The predicted molar refractivity (Wildman–Crippen MR) is 92.3 cm³/mol. The molecule has 0 radical (unpaired) electrons. The number of ether oxygens (including phenoxy) is 2. The minimum absolute atomic E-state index is 0.113. The lowest BCUT2D eigenvalue weighted by molar-refractivity contribution is 0.0949. The second-order valence-electron chi connectivity index (χ2n) is 6.14. The highest BCUT2D eigenvalue weighted by atomic mass is 16.6. The third-order valence-electron chi connectivity index (χ3n) is 4.10. The van der Waals surface area contributed by atoms with E-state index in [2.05, 4.69) is 10.6 Å². The van der Waals surface area contributed by atoms with Crippen LogP contribution in [0.25, 0.3) is 0 Å². The molecule has 1 heterocycles. The summed E-state index contributed by atoms with van der Waals surface area (Å²) in [6, 6.07) is 12.3. The largest absolute Gasteiger partial charge is 0.486 e. The molecular formula is C19H18N2O4. The fourth-order valence-electron chi connectivity index (χ4n) is 2.62. The summed E-state index contributed by atoms with van der Waals surface area (Å²) in [5.41, 5.74) is 1.58. The summed E-state index contributed by atoms with van der Waals surface area (Å²) in [5.74, 6) is 0.827. The lowest BCUT2D eigenvalue weighted by Crippen LogP contribution is -2.25. The van der Waals surface area contributed by atoms with Crippen molar-refractivity contribution in [2.45, 2.75) is 18.9 Å². The first-order valence-electron chi connectivity index (χ1n) is 8.31. The summed E-state index contributed by atoms with van der Waals surface area (Å²) in [6.07, 6.45) is 2.07. The minimum atomic E-state index is -0.267. The van der Waals surface area contributed by atoms with Crippen molar-refractivity contribution in [2.75, 3.05) is 18.5 Å². The zero-order valence-corrected chi connectivity index (χ0v) is 13.6. The molecule has 0 atom stereocenters. The molecule has 2 N–H and O–H groups in total. The lowest BCUT2D eigenvalue weighted by atomic mass is 10.1. The summed E-state index contributed by atoms with van der Waals surface area (Å²) < 4.78 is 11.0. The van der Waals surface area contributed by atoms with Gasteiger partial charge in [-0.3, -0.25) is 9.59 Å². The summed E-state index contributed by atoms with van der Waals surface area (Å²) in [4.78, 5) is 24.6. The predicted octanol–water partition coefficient (Wildman–Crippen LogP) is 2.60. The summed E-state index contributed by atoms with van der Waals surface area (Å²) in [5, 5.41) is 5.75. The highest BCUT2D eigenvalue weighted by Crippen LogP contribution is 2.31. The number of hydrogen-bond acceptors (Lipinski definition) is 4. The van der Waals surface area contributed by atoms with E-state index < -0.39 is 0 Å². The first kappa shape index (κ1) is 15.5. The van der Waals surface area contributed by atoms with E-state index in [0.29, 0.717) is 47.6 Å². The standard InChI is InChI=1S/C19H18N2O4/c22-18(20-14-5-6-14)12-2-1-3-15(10-12)21-19(23)13-4-7-16-17(11-13)25-9-8-24-16/h1-4,7,10-11,14H,5-6,8-9H2,(H,20,22)(H,21,23). The maximum atomic E-state index is 12.5. The van der Waals surface area contributed by atoms with E-state index in [1.54, 1.807) is 42.5 Å². The van der Waals surface area contributed by atoms with Crippen LogP contribution in [0.2, 0.25) is 0 Å². The monoisotopic (exact) mass is 338 g/mol. The summed E-state index contributed by atoms with van der Waals surface area (Å²) in [7, 11) is 0. The molecule has 0 unspecified atom stereocenters.